The van der Waals surface area contributed by atoms with Crippen LogP contribution in [0, 0.1) is 15.9 Å². The van der Waals surface area contributed by atoms with Crippen LogP contribution in [0.4, 0.5) is 10.1 Å². The molecule has 1 fully saturated rings. The summed E-state index contributed by atoms with van der Waals surface area (Å²) in [6.45, 7) is 1.49. The summed E-state index contributed by atoms with van der Waals surface area (Å²) in [5, 5.41) is 14.3. The van der Waals surface area contributed by atoms with Crippen molar-refractivity contribution in [3.05, 3.63) is 75.6 Å². The van der Waals surface area contributed by atoms with E-state index in [0.717, 1.165) is 25.7 Å². The highest BCUT2D eigenvalue weighted by Crippen LogP contribution is 2.22. The first-order chi connectivity index (χ1) is 14.9. The van der Waals surface area contributed by atoms with Gasteiger partial charge in [0.05, 0.1) is 11.3 Å². The normalized spacial score (nSPS) is 14.8. The summed E-state index contributed by atoms with van der Waals surface area (Å²) in [5.41, 5.74) is 0.364. The van der Waals surface area contributed by atoms with E-state index in [4.69, 9.17) is 0 Å². The minimum atomic E-state index is -0.851. The second kappa shape index (κ2) is 10.1. The smallest absolute Gasteiger partial charge is 0.273 e. The zero-order valence-corrected chi connectivity index (χ0v) is 17.4. The van der Waals surface area contributed by atoms with Gasteiger partial charge in [0.15, 0.2) is 0 Å². The van der Waals surface area contributed by atoms with E-state index in [0.29, 0.717) is 0 Å². The first-order valence-electron chi connectivity index (χ1n) is 10.4. The summed E-state index contributed by atoms with van der Waals surface area (Å²) in [6, 6.07) is 11.3. The number of benzene rings is 2. The molecule has 0 bridgehead atoms. The monoisotopic (exact) mass is 427 g/mol. The van der Waals surface area contributed by atoms with E-state index in [-0.39, 0.29) is 41.7 Å². The van der Waals surface area contributed by atoms with Crippen molar-refractivity contribution in [1.29, 1.82) is 0 Å². The lowest BCUT2D eigenvalue weighted by molar-refractivity contribution is -0.385. The number of amides is 2. The number of halogens is 1. The SMILES string of the molecule is C[C@H](C(=O)NC1CCCC1)N(Cc1ccccc1F)C(=O)Cc1ccccc1[N+](=O)[O-]. The van der Waals surface area contributed by atoms with Gasteiger partial charge in [0, 0.05) is 29.8 Å². The fourth-order valence-corrected chi connectivity index (χ4v) is 3.89. The van der Waals surface area contributed by atoms with E-state index in [1.807, 2.05) is 0 Å². The maximum Gasteiger partial charge on any atom is 0.273 e. The molecule has 0 aromatic heterocycles. The van der Waals surface area contributed by atoms with E-state index in [1.54, 1.807) is 31.2 Å². The molecule has 1 atom stereocenters. The molecule has 2 aromatic carbocycles. The minimum Gasteiger partial charge on any atom is -0.352 e. The fourth-order valence-electron chi connectivity index (χ4n) is 3.89. The lowest BCUT2D eigenvalue weighted by atomic mass is 10.1. The Balaban J connectivity index is 1.84. The Morgan fingerprint density at radius 3 is 2.39 bits per heavy atom. The second-order valence-corrected chi connectivity index (χ2v) is 7.84. The first-order valence-corrected chi connectivity index (χ1v) is 10.4. The molecular weight excluding hydrogens is 401 g/mol. The Kier molecular flexibility index (Phi) is 7.33. The standard InChI is InChI=1S/C23H26FN3O4/c1-16(23(29)25-19-10-4-5-11-19)26(15-18-9-2-6-12-20(18)24)22(28)14-17-8-3-7-13-21(17)27(30)31/h2-3,6-9,12-13,16,19H,4-5,10-11,14-15H2,1H3,(H,25,29)/t16-/m1/s1. The summed E-state index contributed by atoms with van der Waals surface area (Å²) < 4.78 is 14.3. The van der Waals surface area contributed by atoms with Crippen molar-refractivity contribution < 1.29 is 18.9 Å². The molecule has 1 saturated carbocycles. The summed E-state index contributed by atoms with van der Waals surface area (Å²) in [7, 11) is 0. The van der Waals surface area contributed by atoms with Crippen molar-refractivity contribution >= 4 is 17.5 Å². The molecule has 0 aliphatic heterocycles. The third kappa shape index (κ3) is 5.65. The number of nitrogens with zero attached hydrogens (tertiary/aromatic N) is 2. The van der Waals surface area contributed by atoms with E-state index in [1.165, 1.54) is 29.2 Å². The zero-order chi connectivity index (χ0) is 22.4. The average Bonchev–Trinajstić information content (AvgIpc) is 3.25. The number of rotatable bonds is 8. The maximum absolute atomic E-state index is 14.3. The average molecular weight is 427 g/mol. The van der Waals surface area contributed by atoms with Gasteiger partial charge in [0.2, 0.25) is 11.8 Å². The number of carbonyl (C=O) groups is 2. The summed E-state index contributed by atoms with van der Waals surface area (Å²) in [5.74, 6) is -1.26. The number of nitrogens with one attached hydrogen (secondary N) is 1. The van der Waals surface area contributed by atoms with Crippen LogP contribution in [0.25, 0.3) is 0 Å². The Morgan fingerprint density at radius 1 is 1.13 bits per heavy atom. The summed E-state index contributed by atoms with van der Waals surface area (Å²) in [4.78, 5) is 38.1. The third-order valence-electron chi connectivity index (χ3n) is 5.70. The van der Waals surface area contributed by atoms with Gasteiger partial charge >= 0.3 is 0 Å². The molecule has 0 heterocycles. The number of hydrogen-bond acceptors (Lipinski definition) is 4. The molecule has 1 aliphatic carbocycles. The van der Waals surface area contributed by atoms with E-state index < -0.39 is 22.7 Å². The van der Waals surface area contributed by atoms with Crippen LogP contribution in [0.3, 0.4) is 0 Å². The van der Waals surface area contributed by atoms with E-state index in [2.05, 4.69) is 5.32 Å². The largest absolute Gasteiger partial charge is 0.352 e. The number of para-hydroxylation sites is 1. The van der Waals surface area contributed by atoms with Crippen LogP contribution in [0.1, 0.15) is 43.7 Å². The quantitative estimate of drug-likeness (QED) is 0.513. The van der Waals surface area contributed by atoms with Crippen molar-refractivity contribution in [3.8, 4) is 0 Å². The molecule has 0 unspecified atom stereocenters. The van der Waals surface area contributed by atoms with Gasteiger partial charge in [-0.15, -0.1) is 0 Å². The van der Waals surface area contributed by atoms with Crippen molar-refractivity contribution in [2.75, 3.05) is 0 Å². The van der Waals surface area contributed by atoms with Gasteiger partial charge in [-0.3, -0.25) is 19.7 Å². The molecule has 164 valence electrons. The lowest BCUT2D eigenvalue weighted by Crippen LogP contribution is -2.50. The van der Waals surface area contributed by atoms with Crippen LogP contribution >= 0.6 is 0 Å². The molecule has 0 spiro atoms. The number of hydrogen-bond donors (Lipinski definition) is 1. The van der Waals surface area contributed by atoms with Gasteiger partial charge in [-0.25, -0.2) is 4.39 Å². The van der Waals surface area contributed by atoms with E-state index >= 15 is 0 Å². The molecule has 1 N–H and O–H groups in total. The molecule has 1 aliphatic rings. The van der Waals surface area contributed by atoms with Crippen molar-refractivity contribution in [1.82, 2.24) is 10.2 Å². The van der Waals surface area contributed by atoms with Crippen molar-refractivity contribution in [3.63, 3.8) is 0 Å². The third-order valence-corrected chi connectivity index (χ3v) is 5.70. The molecule has 0 saturated heterocycles. The predicted molar refractivity (Wildman–Crippen MR) is 114 cm³/mol. The van der Waals surface area contributed by atoms with Crippen molar-refractivity contribution in [2.45, 2.75) is 57.7 Å². The highest BCUT2D eigenvalue weighted by atomic mass is 19.1. The summed E-state index contributed by atoms with van der Waals surface area (Å²) >= 11 is 0. The minimum absolute atomic E-state index is 0.0792. The zero-order valence-electron chi connectivity index (χ0n) is 17.4. The Hall–Kier alpha value is -3.29. The maximum atomic E-state index is 14.3. The molecule has 0 radical (unpaired) electrons. The molecule has 31 heavy (non-hydrogen) atoms. The van der Waals surface area contributed by atoms with Gasteiger partial charge in [-0.2, -0.15) is 0 Å². The van der Waals surface area contributed by atoms with Gasteiger partial charge in [0.25, 0.3) is 5.69 Å². The number of nitro groups is 1. The number of nitro benzene ring substituents is 1. The van der Waals surface area contributed by atoms with Gasteiger partial charge < -0.3 is 10.2 Å². The second-order valence-electron chi connectivity index (χ2n) is 7.84. The van der Waals surface area contributed by atoms with E-state index in [9.17, 15) is 24.1 Å². The number of carbonyl (C=O) groups excluding carboxylic acids is 2. The highest BCUT2D eigenvalue weighted by Gasteiger charge is 2.30. The van der Waals surface area contributed by atoms with Crippen LogP contribution in [0.2, 0.25) is 0 Å². The highest BCUT2D eigenvalue weighted by molar-refractivity contribution is 5.88. The van der Waals surface area contributed by atoms with Crippen LogP contribution in [0.15, 0.2) is 48.5 Å². The Morgan fingerprint density at radius 2 is 1.74 bits per heavy atom. The molecule has 3 rings (SSSR count). The topological polar surface area (TPSA) is 92.6 Å². The Labute approximate surface area is 180 Å². The first kappa shape index (κ1) is 22.4. The fraction of sp³-hybridized carbons (Fsp3) is 0.391. The van der Waals surface area contributed by atoms with Crippen LogP contribution in [-0.2, 0) is 22.6 Å². The van der Waals surface area contributed by atoms with Crippen LogP contribution in [-0.4, -0.2) is 33.7 Å². The van der Waals surface area contributed by atoms with Gasteiger partial charge in [-0.05, 0) is 25.8 Å². The lowest BCUT2D eigenvalue weighted by Gasteiger charge is -2.30. The molecule has 2 aromatic rings. The van der Waals surface area contributed by atoms with Gasteiger partial charge in [0.1, 0.15) is 11.9 Å². The van der Waals surface area contributed by atoms with Crippen molar-refractivity contribution in [2.24, 2.45) is 0 Å². The molecular formula is C23H26FN3O4. The molecule has 2 amide bonds. The van der Waals surface area contributed by atoms with Crippen LogP contribution < -0.4 is 5.32 Å². The molecule has 8 heteroatoms. The van der Waals surface area contributed by atoms with Gasteiger partial charge in [-0.1, -0.05) is 49.2 Å². The van der Waals surface area contributed by atoms with Crippen LogP contribution in [0.5, 0.6) is 0 Å². The Bertz CT molecular complexity index is 959. The molecule has 7 nitrogen and oxygen atoms in total. The summed E-state index contributed by atoms with van der Waals surface area (Å²) in [6.07, 6.45) is 3.64. The predicted octanol–water partition coefficient (Wildman–Crippen LogP) is 3.75.